The Morgan fingerprint density at radius 3 is 1.51 bits per heavy atom. The highest BCUT2D eigenvalue weighted by atomic mass is 19.2. The van der Waals surface area contributed by atoms with Crippen molar-refractivity contribution in [2.24, 2.45) is 0 Å². The average Bonchev–Trinajstić information content (AvgIpc) is 2.91. The van der Waals surface area contributed by atoms with Crippen molar-refractivity contribution in [3.63, 3.8) is 0 Å². The fourth-order valence-corrected chi connectivity index (χ4v) is 4.79. The van der Waals surface area contributed by atoms with E-state index in [0.717, 1.165) is 68.1 Å². The summed E-state index contributed by atoms with van der Waals surface area (Å²) in [6.07, 6.45) is 7.51. The summed E-state index contributed by atoms with van der Waals surface area (Å²) in [4.78, 5) is 0. The van der Waals surface area contributed by atoms with Gasteiger partial charge in [0.1, 0.15) is 5.82 Å². The van der Waals surface area contributed by atoms with Crippen LogP contribution in [0.2, 0.25) is 0 Å². The van der Waals surface area contributed by atoms with Crippen molar-refractivity contribution in [2.75, 3.05) is 0 Å². The number of benzene rings is 4. The monoisotopic (exact) mass is 500 g/mol. The van der Waals surface area contributed by atoms with Gasteiger partial charge in [0.05, 0.1) is 0 Å². The molecule has 0 aliphatic carbocycles. The zero-order chi connectivity index (χ0) is 26.2. The lowest BCUT2D eigenvalue weighted by molar-refractivity contribution is 0.514. The Labute approximate surface area is 219 Å². The molecule has 0 saturated heterocycles. The molecular weight excluding hydrogens is 465 g/mol. The number of hydrogen-bond acceptors (Lipinski definition) is 0. The van der Waals surface area contributed by atoms with E-state index in [2.05, 4.69) is 13.8 Å². The molecule has 0 N–H and O–H groups in total. The van der Waals surface area contributed by atoms with E-state index in [9.17, 15) is 4.39 Å². The SMILES string of the molecule is CCCCCc1ccc(CCc2ccc(-c3ccc(-c4ccc(CCC)cc4)c(F)c3F)cc2)cc1F. The topological polar surface area (TPSA) is 0 Å². The molecule has 192 valence electrons. The molecule has 3 heteroatoms. The maximum atomic E-state index is 15.1. The van der Waals surface area contributed by atoms with Crippen LogP contribution in [0.4, 0.5) is 13.2 Å². The number of aryl methyl sites for hydroxylation is 4. The Morgan fingerprint density at radius 2 is 1.00 bits per heavy atom. The maximum absolute atomic E-state index is 15.1. The van der Waals surface area contributed by atoms with E-state index in [1.54, 1.807) is 18.2 Å². The largest absolute Gasteiger partial charge is 0.207 e. The molecule has 0 radical (unpaired) electrons. The van der Waals surface area contributed by atoms with Crippen molar-refractivity contribution in [2.45, 2.75) is 65.2 Å². The number of unbranched alkanes of at least 4 members (excludes halogenated alkanes) is 2. The molecular formula is C34H35F3. The van der Waals surface area contributed by atoms with Gasteiger partial charge >= 0.3 is 0 Å². The fraction of sp³-hybridized carbons (Fsp3) is 0.294. The first kappa shape index (κ1) is 26.7. The highest BCUT2D eigenvalue weighted by molar-refractivity contribution is 5.72. The fourth-order valence-electron chi connectivity index (χ4n) is 4.79. The van der Waals surface area contributed by atoms with Crippen LogP contribution in [-0.2, 0) is 25.7 Å². The molecule has 0 heterocycles. The van der Waals surface area contributed by atoms with Gasteiger partial charge in [0, 0.05) is 11.1 Å². The molecule has 0 aliphatic heterocycles. The summed E-state index contributed by atoms with van der Waals surface area (Å²) < 4.78 is 44.5. The van der Waals surface area contributed by atoms with Crippen LogP contribution < -0.4 is 0 Å². The van der Waals surface area contributed by atoms with Gasteiger partial charge < -0.3 is 0 Å². The Balaban J connectivity index is 1.42. The molecule has 4 aromatic carbocycles. The first-order valence-corrected chi connectivity index (χ1v) is 13.4. The highest BCUT2D eigenvalue weighted by Crippen LogP contribution is 2.32. The lowest BCUT2D eigenvalue weighted by atomic mass is 9.96. The summed E-state index contributed by atoms with van der Waals surface area (Å²) in [6.45, 7) is 4.26. The zero-order valence-corrected chi connectivity index (χ0v) is 21.8. The van der Waals surface area contributed by atoms with Gasteiger partial charge in [0.25, 0.3) is 0 Å². The molecule has 4 aromatic rings. The van der Waals surface area contributed by atoms with Gasteiger partial charge in [0.15, 0.2) is 11.6 Å². The van der Waals surface area contributed by atoms with Gasteiger partial charge in [-0.05, 0) is 71.6 Å². The molecule has 0 aliphatic rings. The minimum atomic E-state index is -0.836. The summed E-state index contributed by atoms with van der Waals surface area (Å²) in [5.41, 5.74) is 5.83. The van der Waals surface area contributed by atoms with E-state index < -0.39 is 11.6 Å². The van der Waals surface area contributed by atoms with Crippen LogP contribution in [0.5, 0.6) is 0 Å². The third kappa shape index (κ3) is 6.71. The molecule has 0 saturated carbocycles. The number of rotatable bonds is 11. The van der Waals surface area contributed by atoms with E-state index in [0.29, 0.717) is 11.1 Å². The summed E-state index contributed by atoms with van der Waals surface area (Å²) in [5, 5.41) is 0. The van der Waals surface area contributed by atoms with Crippen molar-refractivity contribution in [1.29, 1.82) is 0 Å². The van der Waals surface area contributed by atoms with Gasteiger partial charge in [-0.1, -0.05) is 106 Å². The first-order chi connectivity index (χ1) is 18.0. The van der Waals surface area contributed by atoms with Crippen LogP contribution in [0.15, 0.2) is 78.9 Å². The molecule has 0 bridgehead atoms. The highest BCUT2D eigenvalue weighted by Gasteiger charge is 2.16. The second-order valence-electron chi connectivity index (χ2n) is 9.82. The van der Waals surface area contributed by atoms with Gasteiger partial charge in [-0.3, -0.25) is 0 Å². The van der Waals surface area contributed by atoms with Crippen molar-refractivity contribution >= 4 is 0 Å². The van der Waals surface area contributed by atoms with Crippen LogP contribution >= 0.6 is 0 Å². The number of halogens is 3. The van der Waals surface area contributed by atoms with Gasteiger partial charge in [-0.25, -0.2) is 13.2 Å². The van der Waals surface area contributed by atoms with Crippen LogP contribution in [0.25, 0.3) is 22.3 Å². The normalized spacial score (nSPS) is 11.2. The zero-order valence-electron chi connectivity index (χ0n) is 21.8. The van der Waals surface area contributed by atoms with Crippen molar-refractivity contribution < 1.29 is 13.2 Å². The predicted molar refractivity (Wildman–Crippen MR) is 148 cm³/mol. The third-order valence-corrected chi connectivity index (χ3v) is 7.02. The molecule has 0 amide bonds. The second kappa shape index (κ2) is 12.8. The summed E-state index contributed by atoms with van der Waals surface area (Å²) in [7, 11) is 0. The Kier molecular flexibility index (Phi) is 9.22. The Morgan fingerprint density at radius 1 is 0.486 bits per heavy atom. The van der Waals surface area contributed by atoms with Crippen LogP contribution in [0, 0.1) is 17.5 Å². The summed E-state index contributed by atoms with van der Waals surface area (Å²) >= 11 is 0. The van der Waals surface area contributed by atoms with E-state index in [1.165, 1.54) is 5.56 Å². The molecule has 0 fully saturated rings. The van der Waals surface area contributed by atoms with Crippen molar-refractivity contribution in [3.8, 4) is 22.3 Å². The quantitative estimate of drug-likeness (QED) is 0.180. The van der Waals surface area contributed by atoms with Crippen molar-refractivity contribution in [3.05, 3.63) is 119 Å². The van der Waals surface area contributed by atoms with Crippen LogP contribution in [0.3, 0.4) is 0 Å². The Bertz CT molecular complexity index is 1300. The lowest BCUT2D eigenvalue weighted by Crippen LogP contribution is -1.97. The lowest BCUT2D eigenvalue weighted by Gasteiger charge is -2.11. The minimum Gasteiger partial charge on any atom is -0.207 e. The second-order valence-corrected chi connectivity index (χ2v) is 9.82. The van der Waals surface area contributed by atoms with Crippen LogP contribution in [0.1, 0.15) is 61.8 Å². The van der Waals surface area contributed by atoms with Gasteiger partial charge in [0.2, 0.25) is 0 Å². The van der Waals surface area contributed by atoms with Crippen LogP contribution in [-0.4, -0.2) is 0 Å². The van der Waals surface area contributed by atoms with E-state index in [1.807, 2.05) is 60.7 Å². The maximum Gasteiger partial charge on any atom is 0.167 e. The molecule has 37 heavy (non-hydrogen) atoms. The number of hydrogen-bond donors (Lipinski definition) is 0. The molecule has 0 spiro atoms. The van der Waals surface area contributed by atoms with Crippen molar-refractivity contribution in [1.82, 2.24) is 0 Å². The molecule has 0 nitrogen and oxygen atoms in total. The summed E-state index contributed by atoms with van der Waals surface area (Å²) in [6, 6.07) is 24.0. The van der Waals surface area contributed by atoms with Gasteiger partial charge in [-0.15, -0.1) is 0 Å². The average molecular weight is 501 g/mol. The predicted octanol–water partition coefficient (Wildman–Crippen LogP) is 9.91. The molecule has 0 atom stereocenters. The van der Waals surface area contributed by atoms with E-state index in [4.69, 9.17) is 0 Å². The third-order valence-electron chi connectivity index (χ3n) is 7.02. The smallest absolute Gasteiger partial charge is 0.167 e. The van der Waals surface area contributed by atoms with Gasteiger partial charge in [-0.2, -0.15) is 0 Å². The first-order valence-electron chi connectivity index (χ1n) is 13.4. The Hall–Kier alpha value is -3.33. The molecule has 4 rings (SSSR count). The molecule has 0 unspecified atom stereocenters. The summed E-state index contributed by atoms with van der Waals surface area (Å²) in [5.74, 6) is -1.79. The standard InChI is InChI=1S/C34H35F3/c1-3-5-6-8-29-20-15-26(23-32(29)35)10-9-25-13-18-28(19-14-25)31-22-21-30(33(36)34(31)37)27-16-11-24(7-4-2)12-17-27/h11-23H,3-10H2,1-2H3. The molecule has 0 aromatic heterocycles. The minimum absolute atomic E-state index is 0.123. The van der Waals surface area contributed by atoms with E-state index >= 15 is 8.78 Å². The van der Waals surface area contributed by atoms with E-state index in [-0.39, 0.29) is 16.9 Å².